The molecule has 1 spiro atoms. The maximum absolute atomic E-state index is 12.3. The molecule has 3 saturated heterocycles. The third-order valence-electron chi connectivity index (χ3n) is 6.91. The Morgan fingerprint density at radius 3 is 2.61 bits per heavy atom. The van der Waals surface area contributed by atoms with E-state index in [1.54, 1.807) is 11.1 Å². The van der Waals surface area contributed by atoms with E-state index in [0.29, 0.717) is 32.1 Å². The maximum atomic E-state index is 12.3. The molecule has 0 unspecified atom stereocenters. The van der Waals surface area contributed by atoms with Crippen LogP contribution in [0.1, 0.15) is 49.6 Å². The van der Waals surface area contributed by atoms with Crippen LogP contribution >= 0.6 is 0 Å². The molecule has 0 aromatic carbocycles. The van der Waals surface area contributed by atoms with E-state index in [2.05, 4.69) is 21.4 Å². The van der Waals surface area contributed by atoms with Gasteiger partial charge in [0.1, 0.15) is 5.65 Å². The van der Waals surface area contributed by atoms with Gasteiger partial charge in [-0.3, -0.25) is 15.0 Å². The summed E-state index contributed by atoms with van der Waals surface area (Å²) in [5, 5.41) is 6.82. The van der Waals surface area contributed by atoms with Crippen molar-refractivity contribution in [2.24, 2.45) is 0 Å². The Bertz CT molecular complexity index is 1030. The second-order valence-corrected chi connectivity index (χ2v) is 9.02. The van der Waals surface area contributed by atoms with E-state index in [0.717, 1.165) is 42.7 Å². The minimum absolute atomic E-state index is 0.0739. The molecule has 3 amide bonds. The Morgan fingerprint density at radius 1 is 1.13 bits per heavy atom. The lowest BCUT2D eigenvalue weighted by atomic mass is 10.0. The van der Waals surface area contributed by atoms with Crippen molar-refractivity contribution in [1.29, 1.82) is 0 Å². The first kappa shape index (κ1) is 19.2. The van der Waals surface area contributed by atoms with Gasteiger partial charge in [0, 0.05) is 50.5 Å². The lowest BCUT2D eigenvalue weighted by Crippen LogP contribution is -2.51. The summed E-state index contributed by atoms with van der Waals surface area (Å²) in [6.07, 6.45) is 8.34. The Hall–Kier alpha value is -2.49. The van der Waals surface area contributed by atoms with E-state index < -0.39 is 5.79 Å². The number of hydrogen-bond donors (Lipinski definition) is 2. The van der Waals surface area contributed by atoms with Crippen LogP contribution in [-0.2, 0) is 14.3 Å². The largest absolute Gasteiger partial charge is 0.348 e. The summed E-state index contributed by atoms with van der Waals surface area (Å²) in [6.45, 7) is 3.42. The average Bonchev–Trinajstić information content (AvgIpc) is 3.56. The van der Waals surface area contributed by atoms with Crippen molar-refractivity contribution in [2.75, 3.05) is 37.7 Å². The van der Waals surface area contributed by atoms with Gasteiger partial charge < -0.3 is 19.4 Å². The SMILES string of the molecule is O=C1CCN(c2cnc3c(c2)c(C2CC2)cn3C2COC3(CCNCC3)OC2)C(=O)N1. The molecular formula is C22H27N5O4. The van der Waals surface area contributed by atoms with E-state index in [9.17, 15) is 9.59 Å². The van der Waals surface area contributed by atoms with Gasteiger partial charge in [0.2, 0.25) is 5.91 Å². The number of piperidine rings is 1. The molecule has 4 fully saturated rings. The van der Waals surface area contributed by atoms with Crippen molar-refractivity contribution in [1.82, 2.24) is 20.2 Å². The van der Waals surface area contributed by atoms with Crippen molar-refractivity contribution in [2.45, 2.75) is 49.9 Å². The van der Waals surface area contributed by atoms with E-state index in [1.165, 1.54) is 18.4 Å². The zero-order valence-corrected chi connectivity index (χ0v) is 17.4. The minimum atomic E-state index is -0.441. The molecule has 9 nitrogen and oxygen atoms in total. The second-order valence-electron chi connectivity index (χ2n) is 9.02. The van der Waals surface area contributed by atoms with Crippen LogP contribution in [0.25, 0.3) is 11.0 Å². The first-order valence-corrected chi connectivity index (χ1v) is 11.2. The number of nitrogens with zero attached hydrogens (tertiary/aromatic N) is 3. The first-order valence-electron chi connectivity index (χ1n) is 11.2. The predicted molar refractivity (Wildman–Crippen MR) is 113 cm³/mol. The quantitative estimate of drug-likeness (QED) is 0.781. The zero-order valence-electron chi connectivity index (χ0n) is 17.4. The van der Waals surface area contributed by atoms with Gasteiger partial charge >= 0.3 is 6.03 Å². The summed E-state index contributed by atoms with van der Waals surface area (Å²) in [5.41, 5.74) is 2.90. The van der Waals surface area contributed by atoms with Crippen molar-refractivity contribution < 1.29 is 19.1 Å². The number of rotatable bonds is 3. The molecule has 2 aromatic heterocycles. The number of carbonyl (C=O) groups excluding carboxylic acids is 2. The second kappa shape index (κ2) is 7.29. The Balaban J connectivity index is 1.30. The number of ether oxygens (including phenoxy) is 2. The Kier molecular flexibility index (Phi) is 4.52. The van der Waals surface area contributed by atoms with Gasteiger partial charge in [-0.05, 0) is 30.4 Å². The Morgan fingerprint density at radius 2 is 1.90 bits per heavy atom. The molecule has 2 aromatic rings. The summed E-state index contributed by atoms with van der Waals surface area (Å²) in [7, 11) is 0. The fourth-order valence-corrected chi connectivity index (χ4v) is 4.94. The van der Waals surface area contributed by atoms with E-state index >= 15 is 0 Å². The van der Waals surface area contributed by atoms with Gasteiger partial charge in [0.05, 0.1) is 31.1 Å². The van der Waals surface area contributed by atoms with E-state index in [1.807, 2.05) is 6.07 Å². The summed E-state index contributed by atoms with van der Waals surface area (Å²) in [6, 6.07) is 1.73. The molecule has 1 aliphatic carbocycles. The smallest absolute Gasteiger partial charge is 0.328 e. The van der Waals surface area contributed by atoms with Crippen molar-refractivity contribution >= 4 is 28.7 Å². The van der Waals surface area contributed by atoms with Crippen LogP contribution in [0.2, 0.25) is 0 Å². The molecule has 0 bridgehead atoms. The van der Waals surface area contributed by atoms with Gasteiger partial charge in [-0.15, -0.1) is 0 Å². The van der Waals surface area contributed by atoms with E-state index in [4.69, 9.17) is 14.5 Å². The molecule has 3 aliphatic heterocycles. The minimum Gasteiger partial charge on any atom is -0.348 e. The molecule has 31 heavy (non-hydrogen) atoms. The van der Waals surface area contributed by atoms with Gasteiger partial charge in [-0.25, -0.2) is 9.78 Å². The lowest BCUT2D eigenvalue weighted by molar-refractivity contribution is -0.288. The fourth-order valence-electron chi connectivity index (χ4n) is 4.94. The van der Waals surface area contributed by atoms with Gasteiger partial charge in [0.15, 0.2) is 5.79 Å². The van der Waals surface area contributed by atoms with Crippen LogP contribution in [0.15, 0.2) is 18.5 Å². The number of nitrogens with one attached hydrogen (secondary N) is 2. The number of urea groups is 1. The molecule has 5 heterocycles. The number of pyridine rings is 1. The van der Waals surface area contributed by atoms with Crippen LogP contribution in [0.4, 0.5) is 10.5 Å². The number of fused-ring (bicyclic) bond motifs is 1. The zero-order chi connectivity index (χ0) is 21.0. The summed E-state index contributed by atoms with van der Waals surface area (Å²) < 4.78 is 14.7. The number of anilines is 1. The first-order chi connectivity index (χ1) is 15.1. The molecule has 0 radical (unpaired) electrons. The van der Waals surface area contributed by atoms with Gasteiger partial charge in [-0.1, -0.05) is 0 Å². The number of hydrogen-bond acceptors (Lipinski definition) is 6. The Labute approximate surface area is 180 Å². The summed E-state index contributed by atoms with van der Waals surface area (Å²) >= 11 is 0. The highest BCUT2D eigenvalue weighted by Crippen LogP contribution is 2.45. The normalized spacial score (nSPS) is 24.7. The maximum Gasteiger partial charge on any atom is 0.328 e. The third-order valence-corrected chi connectivity index (χ3v) is 6.91. The van der Waals surface area contributed by atoms with Gasteiger partial charge in [0.25, 0.3) is 0 Å². The number of carbonyl (C=O) groups is 2. The third kappa shape index (κ3) is 3.40. The molecule has 4 aliphatic rings. The number of aromatic nitrogens is 2. The molecule has 0 atom stereocenters. The fraction of sp³-hybridized carbons (Fsp3) is 0.591. The monoisotopic (exact) mass is 425 g/mol. The molecule has 164 valence electrons. The molecule has 6 rings (SSSR count). The standard InChI is InChI=1S/C22H27N5O4/c28-19-3-8-26(21(29)25-19)15-9-17-18(14-1-2-14)11-27(20(17)24-10-15)16-12-30-22(31-13-16)4-6-23-7-5-22/h9-11,14,16,23H,1-8,12-13H2,(H,25,28,29). The van der Waals surface area contributed by atoms with Crippen LogP contribution in [-0.4, -0.2) is 60.1 Å². The number of amides is 3. The highest BCUT2D eigenvalue weighted by Gasteiger charge is 2.40. The average molecular weight is 425 g/mol. The molecule has 1 saturated carbocycles. The summed E-state index contributed by atoms with van der Waals surface area (Å²) in [5.74, 6) is -0.133. The molecule has 9 heteroatoms. The lowest BCUT2D eigenvalue weighted by Gasteiger charge is -2.43. The summed E-state index contributed by atoms with van der Waals surface area (Å²) in [4.78, 5) is 30.1. The van der Waals surface area contributed by atoms with Crippen LogP contribution in [0.3, 0.4) is 0 Å². The topological polar surface area (TPSA) is 97.7 Å². The van der Waals surface area contributed by atoms with Gasteiger partial charge in [-0.2, -0.15) is 0 Å². The van der Waals surface area contributed by atoms with Crippen molar-refractivity contribution in [3.8, 4) is 0 Å². The van der Waals surface area contributed by atoms with Crippen LogP contribution in [0.5, 0.6) is 0 Å². The van der Waals surface area contributed by atoms with Crippen LogP contribution < -0.4 is 15.5 Å². The van der Waals surface area contributed by atoms with Crippen LogP contribution in [0, 0.1) is 0 Å². The highest BCUT2D eigenvalue weighted by atomic mass is 16.7. The van der Waals surface area contributed by atoms with Crippen molar-refractivity contribution in [3.05, 3.63) is 24.0 Å². The predicted octanol–water partition coefficient (Wildman–Crippen LogP) is 2.03. The van der Waals surface area contributed by atoms with Crippen molar-refractivity contribution in [3.63, 3.8) is 0 Å². The number of imide groups is 1. The molecular weight excluding hydrogens is 398 g/mol. The molecule has 2 N–H and O–H groups in total. The van der Waals surface area contributed by atoms with E-state index in [-0.39, 0.29) is 18.0 Å². The highest BCUT2D eigenvalue weighted by molar-refractivity contribution is 6.06.